The zero-order valence-corrected chi connectivity index (χ0v) is 10.2. The van der Waals surface area contributed by atoms with Crippen molar-refractivity contribution in [1.29, 1.82) is 0 Å². The van der Waals surface area contributed by atoms with Crippen molar-refractivity contribution in [2.24, 2.45) is 0 Å². The third-order valence-electron chi connectivity index (χ3n) is 2.17. The van der Waals surface area contributed by atoms with Crippen molar-refractivity contribution in [2.75, 3.05) is 12.8 Å². The number of sulfonamides is 1. The van der Waals surface area contributed by atoms with E-state index in [1.54, 1.807) is 0 Å². The van der Waals surface area contributed by atoms with Crippen molar-refractivity contribution in [1.82, 2.24) is 4.31 Å². The highest BCUT2D eigenvalue weighted by atomic mass is 32.2. The molecule has 0 unspecified atom stereocenters. The van der Waals surface area contributed by atoms with Gasteiger partial charge in [-0.25, -0.2) is 21.5 Å². The van der Waals surface area contributed by atoms with E-state index < -0.39 is 33.4 Å². The van der Waals surface area contributed by atoms with Gasteiger partial charge in [0.05, 0.1) is 0 Å². The summed E-state index contributed by atoms with van der Waals surface area (Å²) in [5, 5.41) is 8.43. The molecule has 0 fully saturated rings. The Bertz CT molecular complexity index is 559. The standard InChI is InChI=1S/C10H11F2NO4S/c1-13(18(16,17)6-10(14)15)5-7-2-3-8(11)9(12)4-7/h2-4H,5-6H2,1H3,(H,14,15). The number of rotatable bonds is 5. The summed E-state index contributed by atoms with van der Waals surface area (Å²) in [6.45, 7) is -0.229. The van der Waals surface area contributed by atoms with Gasteiger partial charge in [-0.1, -0.05) is 6.07 Å². The first-order valence-corrected chi connectivity index (χ1v) is 6.43. The van der Waals surface area contributed by atoms with Crippen LogP contribution in [0.1, 0.15) is 5.56 Å². The molecule has 1 N–H and O–H groups in total. The van der Waals surface area contributed by atoms with E-state index >= 15 is 0 Å². The second-order valence-electron chi connectivity index (χ2n) is 3.65. The molecule has 18 heavy (non-hydrogen) atoms. The van der Waals surface area contributed by atoms with Crippen LogP contribution in [0.3, 0.4) is 0 Å². The highest BCUT2D eigenvalue weighted by Gasteiger charge is 2.22. The monoisotopic (exact) mass is 279 g/mol. The van der Waals surface area contributed by atoms with E-state index in [1.807, 2.05) is 0 Å². The molecule has 1 aromatic carbocycles. The maximum absolute atomic E-state index is 12.9. The smallest absolute Gasteiger partial charge is 0.320 e. The molecule has 5 nitrogen and oxygen atoms in total. The van der Waals surface area contributed by atoms with E-state index in [9.17, 15) is 22.0 Å². The van der Waals surface area contributed by atoms with Crippen molar-refractivity contribution in [3.8, 4) is 0 Å². The number of carbonyl (C=O) groups is 1. The second-order valence-corrected chi connectivity index (χ2v) is 5.73. The minimum Gasteiger partial charge on any atom is -0.480 e. The molecule has 1 aromatic rings. The zero-order valence-electron chi connectivity index (χ0n) is 9.43. The normalized spacial score (nSPS) is 11.8. The van der Waals surface area contributed by atoms with Crippen molar-refractivity contribution >= 4 is 16.0 Å². The molecule has 0 bridgehead atoms. The Hall–Kier alpha value is -1.54. The van der Waals surface area contributed by atoms with E-state index in [2.05, 4.69) is 0 Å². The average molecular weight is 279 g/mol. The van der Waals surface area contributed by atoms with Crippen LogP contribution in [-0.4, -0.2) is 36.6 Å². The second kappa shape index (κ2) is 5.40. The molecule has 0 aliphatic carbocycles. The fourth-order valence-corrected chi connectivity index (χ4v) is 2.14. The summed E-state index contributed by atoms with van der Waals surface area (Å²) in [5.74, 6) is -4.65. The zero-order chi connectivity index (χ0) is 13.9. The first kappa shape index (κ1) is 14.5. The van der Waals surface area contributed by atoms with Gasteiger partial charge in [-0.15, -0.1) is 0 Å². The minimum atomic E-state index is -3.96. The molecule has 100 valence electrons. The Labute approximate surface area is 103 Å². The van der Waals surface area contributed by atoms with E-state index in [-0.39, 0.29) is 12.1 Å². The maximum atomic E-state index is 12.9. The van der Waals surface area contributed by atoms with Crippen molar-refractivity contribution in [2.45, 2.75) is 6.54 Å². The molecule has 0 aliphatic rings. The van der Waals surface area contributed by atoms with Gasteiger partial charge in [0.1, 0.15) is 0 Å². The number of hydrogen-bond acceptors (Lipinski definition) is 3. The molecule has 0 radical (unpaired) electrons. The number of benzene rings is 1. The van der Waals surface area contributed by atoms with Crippen LogP contribution in [0.4, 0.5) is 8.78 Å². The Kier molecular flexibility index (Phi) is 4.36. The van der Waals surface area contributed by atoms with Crippen LogP contribution in [0.2, 0.25) is 0 Å². The Morgan fingerprint density at radius 3 is 2.44 bits per heavy atom. The number of halogens is 2. The lowest BCUT2D eigenvalue weighted by Crippen LogP contribution is -2.31. The predicted molar refractivity (Wildman–Crippen MR) is 59.2 cm³/mol. The highest BCUT2D eigenvalue weighted by molar-refractivity contribution is 7.89. The van der Waals surface area contributed by atoms with Crippen LogP contribution in [0.5, 0.6) is 0 Å². The first-order valence-electron chi connectivity index (χ1n) is 4.82. The lowest BCUT2D eigenvalue weighted by atomic mass is 10.2. The van der Waals surface area contributed by atoms with Gasteiger partial charge in [0.15, 0.2) is 17.4 Å². The van der Waals surface area contributed by atoms with Crippen LogP contribution in [0.25, 0.3) is 0 Å². The van der Waals surface area contributed by atoms with Crippen molar-refractivity contribution < 1.29 is 27.1 Å². The van der Waals surface area contributed by atoms with Gasteiger partial charge in [0.2, 0.25) is 10.0 Å². The van der Waals surface area contributed by atoms with Crippen LogP contribution in [0.15, 0.2) is 18.2 Å². The van der Waals surface area contributed by atoms with Gasteiger partial charge in [-0.05, 0) is 17.7 Å². The lowest BCUT2D eigenvalue weighted by Gasteiger charge is -2.15. The molecule has 0 spiro atoms. The Morgan fingerprint density at radius 2 is 1.94 bits per heavy atom. The Morgan fingerprint density at radius 1 is 1.33 bits per heavy atom. The van der Waals surface area contributed by atoms with Crippen molar-refractivity contribution in [3.05, 3.63) is 35.4 Å². The van der Waals surface area contributed by atoms with Crippen LogP contribution in [-0.2, 0) is 21.4 Å². The molecule has 0 saturated heterocycles. The molecule has 8 heteroatoms. The van der Waals surface area contributed by atoms with Gasteiger partial charge >= 0.3 is 5.97 Å². The SMILES string of the molecule is CN(Cc1ccc(F)c(F)c1)S(=O)(=O)CC(=O)O. The lowest BCUT2D eigenvalue weighted by molar-refractivity contribution is -0.134. The Balaban J connectivity index is 2.84. The topological polar surface area (TPSA) is 74.7 Å². The highest BCUT2D eigenvalue weighted by Crippen LogP contribution is 2.12. The molecule has 0 aromatic heterocycles. The summed E-state index contributed by atoms with van der Waals surface area (Å²) in [4.78, 5) is 10.4. The van der Waals surface area contributed by atoms with Crippen LogP contribution >= 0.6 is 0 Å². The summed E-state index contributed by atoms with van der Waals surface area (Å²) in [6.07, 6.45) is 0. The van der Waals surface area contributed by atoms with E-state index in [4.69, 9.17) is 5.11 Å². The quantitative estimate of drug-likeness (QED) is 0.865. The number of carboxylic acid groups (broad SMARTS) is 1. The predicted octanol–water partition coefficient (Wildman–Crippen LogP) is 0.811. The number of carboxylic acids is 1. The number of nitrogens with zero attached hydrogens (tertiary/aromatic N) is 1. The third-order valence-corrected chi connectivity index (χ3v) is 3.86. The van der Waals surface area contributed by atoms with E-state index in [0.29, 0.717) is 0 Å². The van der Waals surface area contributed by atoms with Gasteiger partial charge in [-0.2, -0.15) is 0 Å². The summed E-state index contributed by atoms with van der Waals surface area (Å²) in [7, 11) is -2.80. The average Bonchev–Trinajstić information content (AvgIpc) is 2.21. The molecule has 0 aliphatic heterocycles. The van der Waals surface area contributed by atoms with Gasteiger partial charge < -0.3 is 5.11 Å². The molecule has 0 atom stereocenters. The first-order chi connectivity index (χ1) is 8.22. The number of aliphatic carboxylic acids is 1. The van der Waals surface area contributed by atoms with E-state index in [1.165, 1.54) is 13.1 Å². The molecule has 0 heterocycles. The number of hydrogen-bond donors (Lipinski definition) is 1. The molecule has 0 saturated carbocycles. The maximum Gasteiger partial charge on any atom is 0.320 e. The summed E-state index contributed by atoms with van der Waals surface area (Å²) in [6, 6.07) is 2.97. The summed E-state index contributed by atoms with van der Waals surface area (Å²) < 4.78 is 49.3. The summed E-state index contributed by atoms with van der Waals surface area (Å²) in [5.41, 5.74) is 0.227. The van der Waals surface area contributed by atoms with Crippen LogP contribution < -0.4 is 0 Å². The fraction of sp³-hybridized carbons (Fsp3) is 0.300. The summed E-state index contributed by atoms with van der Waals surface area (Å²) >= 11 is 0. The van der Waals surface area contributed by atoms with Crippen LogP contribution in [0, 0.1) is 11.6 Å². The van der Waals surface area contributed by atoms with E-state index in [0.717, 1.165) is 16.4 Å². The van der Waals surface area contributed by atoms with Gasteiger partial charge in [0.25, 0.3) is 0 Å². The van der Waals surface area contributed by atoms with Gasteiger partial charge in [-0.3, -0.25) is 4.79 Å². The molecular weight excluding hydrogens is 268 g/mol. The minimum absolute atomic E-state index is 0.227. The van der Waals surface area contributed by atoms with Gasteiger partial charge in [0, 0.05) is 13.6 Å². The molecule has 0 amide bonds. The van der Waals surface area contributed by atoms with Crippen molar-refractivity contribution in [3.63, 3.8) is 0 Å². The third kappa shape index (κ3) is 3.74. The fourth-order valence-electron chi connectivity index (χ4n) is 1.26. The molecule has 1 rings (SSSR count). The largest absolute Gasteiger partial charge is 0.480 e. The molecular formula is C10H11F2NO4S.